The van der Waals surface area contributed by atoms with Crippen molar-refractivity contribution in [1.82, 2.24) is 5.43 Å². The largest absolute Gasteiger partial charge is 0.497 e. The highest BCUT2D eigenvalue weighted by molar-refractivity contribution is 14.1. The summed E-state index contributed by atoms with van der Waals surface area (Å²) >= 11 is 3.04. The molecule has 1 aromatic carbocycles. The Kier molecular flexibility index (Phi) is 6.49. The van der Waals surface area contributed by atoms with Crippen LogP contribution < -0.4 is 14.9 Å². The molecule has 0 fully saturated rings. The van der Waals surface area contributed by atoms with Crippen molar-refractivity contribution >= 4 is 51.1 Å². The Labute approximate surface area is 154 Å². The molecule has 0 aliphatic heterocycles. The zero-order valence-electron chi connectivity index (χ0n) is 12.4. The van der Waals surface area contributed by atoms with Gasteiger partial charge in [0.15, 0.2) is 6.61 Å². The Morgan fingerprint density at radius 3 is 2.88 bits per heavy atom. The van der Waals surface area contributed by atoms with Crippen LogP contribution in [-0.2, 0) is 4.79 Å². The highest BCUT2D eigenvalue weighted by Crippen LogP contribution is 2.25. The number of nitrogens with one attached hydrogen (secondary N) is 1. The van der Waals surface area contributed by atoms with E-state index in [4.69, 9.17) is 9.47 Å². The lowest BCUT2D eigenvalue weighted by Crippen LogP contribution is -2.24. The molecule has 1 heterocycles. The number of carbonyl (C=O) groups is 1. The first kappa shape index (κ1) is 18.1. The van der Waals surface area contributed by atoms with Gasteiger partial charge in [-0.1, -0.05) is 11.3 Å². The molecule has 0 saturated carbocycles. The third-order valence-electron chi connectivity index (χ3n) is 2.67. The molecule has 126 valence electrons. The number of hydrazone groups is 1. The number of nitrogens with zero attached hydrogens (tertiary/aromatic N) is 2. The minimum atomic E-state index is -0.481. The highest BCUT2D eigenvalue weighted by atomic mass is 127. The number of nitro groups is 1. The van der Waals surface area contributed by atoms with Gasteiger partial charge in [-0.25, -0.2) is 5.43 Å². The van der Waals surface area contributed by atoms with Gasteiger partial charge in [0.25, 0.3) is 5.91 Å². The molecule has 0 aliphatic rings. The van der Waals surface area contributed by atoms with Crippen LogP contribution in [-0.4, -0.2) is 30.8 Å². The van der Waals surface area contributed by atoms with Gasteiger partial charge >= 0.3 is 5.00 Å². The zero-order chi connectivity index (χ0) is 17.5. The van der Waals surface area contributed by atoms with Crippen molar-refractivity contribution in [2.45, 2.75) is 0 Å². The van der Waals surface area contributed by atoms with Crippen LogP contribution in [0.1, 0.15) is 4.88 Å². The highest BCUT2D eigenvalue weighted by Gasteiger charge is 2.09. The maximum absolute atomic E-state index is 11.7. The van der Waals surface area contributed by atoms with Crippen molar-refractivity contribution in [3.8, 4) is 11.5 Å². The summed E-state index contributed by atoms with van der Waals surface area (Å²) < 4.78 is 11.3. The summed E-state index contributed by atoms with van der Waals surface area (Å²) in [5.41, 5.74) is 2.30. The summed E-state index contributed by atoms with van der Waals surface area (Å²) in [5, 5.41) is 14.3. The van der Waals surface area contributed by atoms with Gasteiger partial charge in [-0.2, -0.15) is 5.10 Å². The number of benzene rings is 1. The number of halogens is 1. The van der Waals surface area contributed by atoms with Gasteiger partial charge in [0, 0.05) is 6.07 Å². The van der Waals surface area contributed by atoms with Crippen LogP contribution in [0.15, 0.2) is 35.4 Å². The van der Waals surface area contributed by atoms with E-state index in [9.17, 15) is 14.9 Å². The van der Waals surface area contributed by atoms with E-state index >= 15 is 0 Å². The van der Waals surface area contributed by atoms with E-state index in [2.05, 4.69) is 33.1 Å². The quantitative estimate of drug-likeness (QED) is 0.296. The van der Waals surface area contributed by atoms with Crippen LogP contribution in [0.3, 0.4) is 0 Å². The molecule has 0 saturated heterocycles. The molecular weight excluding hydrogens is 449 g/mol. The Balaban J connectivity index is 1.82. The number of thiophene rings is 1. The number of carbonyl (C=O) groups excluding carboxylic acids is 1. The fourth-order valence-corrected chi connectivity index (χ4v) is 2.91. The van der Waals surface area contributed by atoms with Crippen LogP contribution in [0, 0.1) is 13.7 Å². The zero-order valence-corrected chi connectivity index (χ0v) is 15.4. The van der Waals surface area contributed by atoms with E-state index < -0.39 is 10.8 Å². The summed E-state index contributed by atoms with van der Waals surface area (Å²) in [7, 11) is 1.57. The van der Waals surface area contributed by atoms with E-state index in [0.29, 0.717) is 16.4 Å². The minimum absolute atomic E-state index is 0.0141. The molecule has 10 heteroatoms. The molecule has 0 unspecified atom stereocenters. The van der Waals surface area contributed by atoms with Crippen LogP contribution >= 0.6 is 33.9 Å². The molecule has 0 bridgehead atoms. The van der Waals surface area contributed by atoms with Crippen molar-refractivity contribution in [2.75, 3.05) is 13.7 Å². The lowest BCUT2D eigenvalue weighted by molar-refractivity contribution is -0.380. The first-order valence-corrected chi connectivity index (χ1v) is 8.41. The molecule has 24 heavy (non-hydrogen) atoms. The van der Waals surface area contributed by atoms with E-state index in [1.54, 1.807) is 31.4 Å². The third-order valence-corrected chi connectivity index (χ3v) is 4.49. The lowest BCUT2D eigenvalue weighted by Gasteiger charge is -2.08. The lowest BCUT2D eigenvalue weighted by atomic mass is 10.3. The topological polar surface area (TPSA) is 103 Å². The van der Waals surface area contributed by atoms with Gasteiger partial charge < -0.3 is 9.47 Å². The normalized spacial score (nSPS) is 10.6. The second-order valence-corrected chi connectivity index (χ2v) is 6.57. The number of rotatable bonds is 7. The van der Waals surface area contributed by atoms with Gasteiger partial charge in [0.2, 0.25) is 0 Å². The van der Waals surface area contributed by atoms with E-state index in [0.717, 1.165) is 14.9 Å². The average molecular weight is 461 g/mol. The molecule has 2 rings (SSSR count). The fraction of sp³-hybridized carbons (Fsp3) is 0.143. The Bertz CT molecular complexity index is 778. The van der Waals surface area contributed by atoms with Gasteiger partial charge in [-0.15, -0.1) is 0 Å². The van der Waals surface area contributed by atoms with E-state index in [1.807, 2.05) is 0 Å². The summed E-state index contributed by atoms with van der Waals surface area (Å²) in [4.78, 5) is 22.3. The van der Waals surface area contributed by atoms with Gasteiger partial charge in [0.1, 0.15) is 11.5 Å². The standard InChI is InChI=1S/C14H12IN3O5S/c1-22-9-2-4-12(11(15)6-9)23-8-13(19)17-16-7-10-3-5-14(24-10)18(20)21/h2-7H,8H2,1H3,(H,17,19). The third kappa shape index (κ3) is 5.16. The smallest absolute Gasteiger partial charge is 0.324 e. The number of hydrogen-bond acceptors (Lipinski definition) is 7. The van der Waals surface area contributed by atoms with Crippen molar-refractivity contribution < 1.29 is 19.2 Å². The average Bonchev–Trinajstić information content (AvgIpc) is 3.02. The summed E-state index contributed by atoms with van der Waals surface area (Å²) in [6.07, 6.45) is 1.34. The first-order valence-electron chi connectivity index (χ1n) is 6.52. The van der Waals surface area contributed by atoms with Crippen molar-refractivity contribution in [3.05, 3.63) is 48.9 Å². The SMILES string of the molecule is COc1ccc(OCC(=O)NN=Cc2ccc([N+](=O)[O-])s2)c(I)c1. The predicted octanol–water partition coefficient (Wildman–Crippen LogP) is 2.80. The van der Waals surface area contributed by atoms with Crippen molar-refractivity contribution in [2.24, 2.45) is 5.10 Å². The van der Waals surface area contributed by atoms with Crippen LogP contribution in [0.25, 0.3) is 0 Å². The van der Waals surface area contributed by atoms with Crippen LogP contribution in [0.4, 0.5) is 5.00 Å². The number of methoxy groups -OCH3 is 1. The Hall–Kier alpha value is -2.21. The Morgan fingerprint density at radius 1 is 1.46 bits per heavy atom. The van der Waals surface area contributed by atoms with Gasteiger partial charge in [-0.3, -0.25) is 14.9 Å². The molecule has 0 spiro atoms. The molecular formula is C14H12IN3O5S. The molecule has 0 atom stereocenters. The minimum Gasteiger partial charge on any atom is -0.497 e. The van der Waals surface area contributed by atoms with Gasteiger partial charge in [-0.05, 0) is 46.9 Å². The maximum atomic E-state index is 11.7. The molecule has 8 nitrogen and oxygen atoms in total. The number of amides is 1. The molecule has 1 amide bonds. The summed E-state index contributed by atoms with van der Waals surface area (Å²) in [6, 6.07) is 8.16. The van der Waals surface area contributed by atoms with Gasteiger partial charge in [0.05, 0.1) is 26.7 Å². The molecule has 0 aliphatic carbocycles. The van der Waals surface area contributed by atoms with E-state index in [1.165, 1.54) is 12.3 Å². The maximum Gasteiger partial charge on any atom is 0.324 e. The fourth-order valence-electron chi connectivity index (χ4n) is 1.58. The van der Waals surface area contributed by atoms with Crippen LogP contribution in [0.5, 0.6) is 11.5 Å². The number of hydrogen-bond donors (Lipinski definition) is 1. The van der Waals surface area contributed by atoms with Crippen molar-refractivity contribution in [1.29, 1.82) is 0 Å². The molecule has 1 N–H and O–H groups in total. The molecule has 1 aromatic heterocycles. The number of ether oxygens (including phenoxy) is 2. The van der Waals surface area contributed by atoms with Crippen molar-refractivity contribution in [3.63, 3.8) is 0 Å². The Morgan fingerprint density at radius 2 is 2.25 bits per heavy atom. The summed E-state index contributed by atoms with van der Waals surface area (Å²) in [6.45, 7) is -0.204. The second kappa shape index (κ2) is 8.59. The first-order chi connectivity index (χ1) is 11.5. The van der Waals surface area contributed by atoms with E-state index in [-0.39, 0.29) is 11.6 Å². The monoisotopic (exact) mass is 461 g/mol. The molecule has 0 radical (unpaired) electrons. The molecule has 2 aromatic rings. The second-order valence-electron chi connectivity index (χ2n) is 4.31. The summed E-state index contributed by atoms with van der Waals surface area (Å²) in [5.74, 6) is 0.819. The predicted molar refractivity (Wildman–Crippen MR) is 97.9 cm³/mol. The van der Waals surface area contributed by atoms with Crippen LogP contribution in [0.2, 0.25) is 0 Å².